The summed E-state index contributed by atoms with van der Waals surface area (Å²) in [6, 6.07) is 13.8. The van der Waals surface area contributed by atoms with Gasteiger partial charge in [-0.1, -0.05) is 30.3 Å². The van der Waals surface area contributed by atoms with E-state index in [1.165, 1.54) is 0 Å². The van der Waals surface area contributed by atoms with Crippen LogP contribution in [0.25, 0.3) is 0 Å². The summed E-state index contributed by atoms with van der Waals surface area (Å²) in [5.41, 5.74) is 1.16. The van der Waals surface area contributed by atoms with Crippen LogP contribution in [0.1, 0.15) is 24.3 Å². The molecule has 0 radical (unpaired) electrons. The molecule has 118 valence electrons. The van der Waals surface area contributed by atoms with Crippen LogP contribution in [-0.2, 0) is 20.2 Å². The molecule has 1 aliphatic rings. The molecule has 0 spiro atoms. The van der Waals surface area contributed by atoms with Crippen LogP contribution in [0, 0.1) is 0 Å². The molecular weight excluding hydrogens is 301 g/mol. The van der Waals surface area contributed by atoms with E-state index in [0.717, 1.165) is 11.3 Å². The summed E-state index contributed by atoms with van der Waals surface area (Å²) in [5.74, 6) is 0.818. The van der Waals surface area contributed by atoms with E-state index in [9.17, 15) is 4.57 Å². The molecule has 0 amide bonds. The molecule has 0 bridgehead atoms. The Morgan fingerprint density at radius 1 is 1.27 bits per heavy atom. The van der Waals surface area contributed by atoms with E-state index in [2.05, 4.69) is 17.0 Å². The second-order valence-electron chi connectivity index (χ2n) is 5.23. The molecule has 1 aliphatic heterocycles. The third kappa shape index (κ3) is 3.50. The van der Waals surface area contributed by atoms with Gasteiger partial charge in [0.1, 0.15) is 12.0 Å². The van der Waals surface area contributed by atoms with Crippen molar-refractivity contribution in [2.24, 2.45) is 0 Å². The van der Waals surface area contributed by atoms with Gasteiger partial charge in [0, 0.05) is 6.54 Å². The van der Waals surface area contributed by atoms with Gasteiger partial charge in [-0.15, -0.1) is 0 Å². The van der Waals surface area contributed by atoms with Gasteiger partial charge in [0.15, 0.2) is 0 Å². The maximum Gasteiger partial charge on any atom is 0.344 e. The minimum atomic E-state index is -3.06. The quantitative estimate of drug-likeness (QED) is 0.778. The van der Waals surface area contributed by atoms with Gasteiger partial charge in [-0.3, -0.25) is 9.46 Å². The van der Waals surface area contributed by atoms with Crippen LogP contribution in [-0.4, -0.2) is 24.4 Å². The van der Waals surface area contributed by atoms with Crippen molar-refractivity contribution in [3.05, 3.63) is 60.1 Å². The van der Waals surface area contributed by atoms with Gasteiger partial charge in [-0.25, -0.2) is 0 Å². The predicted octanol–water partition coefficient (Wildman–Crippen LogP) is 4.04. The second-order valence-corrected chi connectivity index (χ2v) is 7.25. The van der Waals surface area contributed by atoms with E-state index in [1.54, 1.807) is 6.26 Å². The summed E-state index contributed by atoms with van der Waals surface area (Å²) in [7, 11) is -3.06. The third-order valence-corrected chi connectivity index (χ3v) is 5.55. The van der Waals surface area contributed by atoms with E-state index < -0.39 is 7.60 Å². The zero-order chi connectivity index (χ0) is 15.4. The van der Waals surface area contributed by atoms with Crippen LogP contribution in [0.4, 0.5) is 0 Å². The first-order chi connectivity index (χ1) is 10.7. The Labute approximate surface area is 130 Å². The van der Waals surface area contributed by atoms with Crippen molar-refractivity contribution in [3.63, 3.8) is 0 Å². The molecular formula is C16H20NO4P. The van der Waals surface area contributed by atoms with Gasteiger partial charge in [0.25, 0.3) is 0 Å². The predicted molar refractivity (Wildman–Crippen MR) is 83.5 cm³/mol. The molecule has 6 heteroatoms. The third-order valence-electron chi connectivity index (χ3n) is 3.65. The minimum absolute atomic E-state index is 0.0577. The molecule has 2 atom stereocenters. The van der Waals surface area contributed by atoms with E-state index in [0.29, 0.717) is 19.8 Å². The van der Waals surface area contributed by atoms with Crippen LogP contribution in [0.2, 0.25) is 0 Å². The lowest BCUT2D eigenvalue weighted by Crippen LogP contribution is -2.36. The Balaban J connectivity index is 1.82. The molecule has 0 saturated carbocycles. The minimum Gasteiger partial charge on any atom is -0.468 e. The first kappa shape index (κ1) is 15.5. The fraction of sp³-hybridized carbons (Fsp3) is 0.375. The first-order valence-corrected chi connectivity index (χ1v) is 9.12. The average Bonchev–Trinajstić information content (AvgIpc) is 3.02. The monoisotopic (exact) mass is 321 g/mol. The number of hydrogen-bond acceptors (Lipinski definition) is 5. The Bertz CT molecular complexity index is 629. The standard InChI is InChI=1S/C16H20NO4P/c1-2-20-22(18)13-17(11-14-7-4-3-5-8-14)15(12-21-22)16-9-6-10-19-16/h3-10,15H,2,11-13H2,1H3. The van der Waals surface area contributed by atoms with Crippen LogP contribution >= 0.6 is 7.60 Å². The van der Waals surface area contributed by atoms with Crippen LogP contribution in [0.5, 0.6) is 0 Å². The maximum absolute atomic E-state index is 12.6. The summed E-state index contributed by atoms with van der Waals surface area (Å²) in [4.78, 5) is 2.11. The van der Waals surface area contributed by atoms with Gasteiger partial charge in [0.05, 0.1) is 25.5 Å². The molecule has 2 unspecified atom stereocenters. The number of nitrogens with zero attached hydrogens (tertiary/aromatic N) is 1. The van der Waals surface area contributed by atoms with Gasteiger partial charge in [-0.05, 0) is 24.6 Å². The zero-order valence-corrected chi connectivity index (χ0v) is 13.4. The molecule has 1 aromatic carbocycles. The Morgan fingerprint density at radius 2 is 2.09 bits per heavy atom. The fourth-order valence-corrected chi connectivity index (χ4v) is 4.39. The SMILES string of the molecule is CCOP1(=O)CN(Cc2ccccc2)C(c2ccco2)CO1. The average molecular weight is 321 g/mol. The molecule has 2 heterocycles. The van der Waals surface area contributed by atoms with Crippen molar-refractivity contribution in [3.8, 4) is 0 Å². The lowest BCUT2D eigenvalue weighted by molar-refractivity contribution is 0.0685. The Kier molecular flexibility index (Phi) is 4.79. The molecule has 0 N–H and O–H groups in total. The van der Waals surface area contributed by atoms with Crippen LogP contribution < -0.4 is 0 Å². The van der Waals surface area contributed by atoms with Crippen molar-refractivity contribution >= 4 is 7.60 Å². The smallest absolute Gasteiger partial charge is 0.344 e. The van der Waals surface area contributed by atoms with Crippen LogP contribution in [0.3, 0.4) is 0 Å². The number of rotatable bonds is 5. The van der Waals surface area contributed by atoms with Gasteiger partial charge >= 0.3 is 7.60 Å². The van der Waals surface area contributed by atoms with Gasteiger partial charge in [0.2, 0.25) is 0 Å². The van der Waals surface area contributed by atoms with Crippen molar-refractivity contribution in [2.45, 2.75) is 19.5 Å². The molecule has 0 aliphatic carbocycles. The zero-order valence-electron chi connectivity index (χ0n) is 12.6. The summed E-state index contributed by atoms with van der Waals surface area (Å²) < 4.78 is 29.1. The lowest BCUT2D eigenvalue weighted by Gasteiger charge is -2.37. The fourth-order valence-electron chi connectivity index (χ4n) is 2.65. The number of hydrogen-bond donors (Lipinski definition) is 0. The molecule has 1 saturated heterocycles. The highest BCUT2D eigenvalue weighted by Crippen LogP contribution is 2.54. The molecule has 2 aromatic rings. The van der Waals surface area contributed by atoms with Crippen molar-refractivity contribution < 1.29 is 18.0 Å². The van der Waals surface area contributed by atoms with E-state index in [4.69, 9.17) is 13.5 Å². The highest BCUT2D eigenvalue weighted by atomic mass is 31.2. The topological polar surface area (TPSA) is 51.9 Å². The molecule has 1 fully saturated rings. The van der Waals surface area contributed by atoms with Gasteiger partial charge in [-0.2, -0.15) is 0 Å². The van der Waals surface area contributed by atoms with Gasteiger partial charge < -0.3 is 13.5 Å². The highest BCUT2D eigenvalue weighted by molar-refractivity contribution is 7.53. The van der Waals surface area contributed by atoms with E-state index in [1.807, 2.05) is 37.3 Å². The first-order valence-electron chi connectivity index (χ1n) is 7.40. The molecule has 22 heavy (non-hydrogen) atoms. The molecule has 5 nitrogen and oxygen atoms in total. The summed E-state index contributed by atoms with van der Waals surface area (Å²) >= 11 is 0. The number of furan rings is 1. The Morgan fingerprint density at radius 3 is 2.77 bits per heavy atom. The van der Waals surface area contributed by atoms with Crippen molar-refractivity contribution in [2.75, 3.05) is 19.5 Å². The summed E-state index contributed by atoms with van der Waals surface area (Å²) in [6.07, 6.45) is 1.91. The van der Waals surface area contributed by atoms with E-state index >= 15 is 0 Å². The largest absolute Gasteiger partial charge is 0.468 e. The maximum atomic E-state index is 12.6. The number of benzene rings is 1. The normalized spacial score (nSPS) is 26.1. The highest BCUT2D eigenvalue weighted by Gasteiger charge is 2.39. The van der Waals surface area contributed by atoms with Crippen LogP contribution in [0.15, 0.2) is 53.1 Å². The molecule has 1 aromatic heterocycles. The Hall–Kier alpha value is -1.39. The second kappa shape index (κ2) is 6.80. The van der Waals surface area contributed by atoms with Crippen molar-refractivity contribution in [1.29, 1.82) is 0 Å². The lowest BCUT2D eigenvalue weighted by atomic mass is 10.1. The van der Waals surface area contributed by atoms with E-state index in [-0.39, 0.29) is 12.3 Å². The molecule has 3 rings (SSSR count). The summed E-state index contributed by atoms with van der Waals surface area (Å²) in [5, 5.41) is 0. The van der Waals surface area contributed by atoms with Crippen molar-refractivity contribution in [1.82, 2.24) is 4.90 Å². The summed E-state index contributed by atoms with van der Waals surface area (Å²) in [6.45, 7) is 3.18.